The molecule has 0 aromatic carbocycles. The standard InChI is InChI=1S/C11H22N2O/c1-8(10(3)14)13-7-6-11(9(13)2)12(4)5/h8-9,11H,6-7H2,1-5H3. The number of rotatable bonds is 3. The van der Waals surface area contributed by atoms with Crippen molar-refractivity contribution in [3.05, 3.63) is 0 Å². The molecular weight excluding hydrogens is 176 g/mol. The zero-order chi connectivity index (χ0) is 10.9. The third-order valence-corrected chi connectivity index (χ3v) is 3.51. The second-order valence-electron chi connectivity index (χ2n) is 4.58. The fraction of sp³-hybridized carbons (Fsp3) is 0.909. The van der Waals surface area contributed by atoms with Gasteiger partial charge >= 0.3 is 0 Å². The highest BCUT2D eigenvalue weighted by molar-refractivity contribution is 5.81. The van der Waals surface area contributed by atoms with Crippen molar-refractivity contribution in [3.8, 4) is 0 Å². The molecule has 3 nitrogen and oxygen atoms in total. The number of likely N-dealkylation sites (tertiary alicyclic amines) is 1. The molecule has 0 amide bonds. The van der Waals surface area contributed by atoms with Gasteiger partial charge in [0.2, 0.25) is 0 Å². The molecule has 0 aromatic rings. The van der Waals surface area contributed by atoms with E-state index in [-0.39, 0.29) is 11.8 Å². The van der Waals surface area contributed by atoms with E-state index in [0.29, 0.717) is 12.1 Å². The number of carbonyl (C=O) groups excluding carboxylic acids is 1. The Bertz CT molecular complexity index is 215. The first kappa shape index (κ1) is 11.7. The van der Waals surface area contributed by atoms with Gasteiger partial charge in [0, 0.05) is 18.6 Å². The highest BCUT2D eigenvalue weighted by atomic mass is 16.1. The van der Waals surface area contributed by atoms with Crippen LogP contribution in [0.5, 0.6) is 0 Å². The van der Waals surface area contributed by atoms with E-state index >= 15 is 0 Å². The summed E-state index contributed by atoms with van der Waals surface area (Å²) in [5.41, 5.74) is 0. The first-order valence-corrected chi connectivity index (χ1v) is 5.37. The Labute approximate surface area is 87.1 Å². The maximum Gasteiger partial charge on any atom is 0.146 e. The van der Waals surface area contributed by atoms with Crippen molar-refractivity contribution in [2.24, 2.45) is 0 Å². The van der Waals surface area contributed by atoms with Gasteiger partial charge in [0.25, 0.3) is 0 Å². The van der Waals surface area contributed by atoms with Crippen LogP contribution in [0, 0.1) is 0 Å². The monoisotopic (exact) mass is 198 g/mol. The lowest BCUT2D eigenvalue weighted by atomic mass is 10.1. The molecule has 0 bridgehead atoms. The largest absolute Gasteiger partial charge is 0.305 e. The van der Waals surface area contributed by atoms with Gasteiger partial charge in [-0.3, -0.25) is 9.69 Å². The van der Waals surface area contributed by atoms with Crippen molar-refractivity contribution in [3.63, 3.8) is 0 Å². The molecule has 82 valence electrons. The quantitative estimate of drug-likeness (QED) is 0.675. The van der Waals surface area contributed by atoms with E-state index in [2.05, 4.69) is 30.8 Å². The second-order valence-corrected chi connectivity index (χ2v) is 4.58. The SMILES string of the molecule is CC(=O)C(C)N1CCC(N(C)C)C1C. The number of hydrogen-bond acceptors (Lipinski definition) is 3. The summed E-state index contributed by atoms with van der Waals surface area (Å²) in [6.07, 6.45) is 1.17. The number of hydrogen-bond donors (Lipinski definition) is 0. The molecule has 0 radical (unpaired) electrons. The van der Waals surface area contributed by atoms with E-state index in [9.17, 15) is 4.79 Å². The van der Waals surface area contributed by atoms with Crippen molar-refractivity contribution in [2.45, 2.75) is 45.3 Å². The summed E-state index contributed by atoms with van der Waals surface area (Å²) >= 11 is 0. The molecule has 3 heteroatoms. The summed E-state index contributed by atoms with van der Waals surface area (Å²) in [6.45, 7) is 6.96. The predicted molar refractivity (Wildman–Crippen MR) is 58.4 cm³/mol. The van der Waals surface area contributed by atoms with Gasteiger partial charge in [-0.05, 0) is 41.3 Å². The van der Waals surface area contributed by atoms with Crippen LogP contribution in [0.15, 0.2) is 0 Å². The van der Waals surface area contributed by atoms with Gasteiger partial charge in [-0.1, -0.05) is 0 Å². The summed E-state index contributed by atoms with van der Waals surface area (Å²) < 4.78 is 0. The molecule has 0 aromatic heterocycles. The maximum atomic E-state index is 11.3. The molecule has 0 aliphatic carbocycles. The topological polar surface area (TPSA) is 23.6 Å². The fourth-order valence-corrected chi connectivity index (χ4v) is 2.42. The van der Waals surface area contributed by atoms with Crippen LogP contribution in [0.3, 0.4) is 0 Å². The highest BCUT2D eigenvalue weighted by Crippen LogP contribution is 2.23. The van der Waals surface area contributed by atoms with Crippen molar-refractivity contribution in [2.75, 3.05) is 20.6 Å². The van der Waals surface area contributed by atoms with E-state index in [1.54, 1.807) is 6.92 Å². The Balaban J connectivity index is 2.63. The maximum absolute atomic E-state index is 11.3. The van der Waals surface area contributed by atoms with Crippen molar-refractivity contribution in [1.82, 2.24) is 9.80 Å². The molecule has 1 fully saturated rings. The lowest BCUT2D eigenvalue weighted by molar-refractivity contribution is -0.121. The Kier molecular flexibility index (Phi) is 3.67. The van der Waals surface area contributed by atoms with Gasteiger partial charge in [-0.15, -0.1) is 0 Å². The van der Waals surface area contributed by atoms with E-state index < -0.39 is 0 Å². The van der Waals surface area contributed by atoms with Gasteiger partial charge in [0.1, 0.15) is 5.78 Å². The highest BCUT2D eigenvalue weighted by Gasteiger charge is 2.35. The molecule has 3 atom stereocenters. The van der Waals surface area contributed by atoms with Crippen LogP contribution in [0.1, 0.15) is 27.2 Å². The Hall–Kier alpha value is -0.410. The lowest BCUT2D eigenvalue weighted by Gasteiger charge is -2.31. The van der Waals surface area contributed by atoms with Crippen molar-refractivity contribution >= 4 is 5.78 Å². The zero-order valence-electron chi connectivity index (χ0n) is 9.95. The summed E-state index contributed by atoms with van der Waals surface area (Å²) in [5, 5.41) is 0. The van der Waals surface area contributed by atoms with Gasteiger partial charge in [0.05, 0.1) is 6.04 Å². The van der Waals surface area contributed by atoms with Gasteiger partial charge in [0.15, 0.2) is 0 Å². The van der Waals surface area contributed by atoms with E-state index in [1.807, 2.05) is 6.92 Å². The Morgan fingerprint density at radius 1 is 1.50 bits per heavy atom. The molecule has 1 aliphatic heterocycles. The average Bonchev–Trinajstić information content (AvgIpc) is 2.45. The Morgan fingerprint density at radius 3 is 2.43 bits per heavy atom. The summed E-state index contributed by atoms with van der Waals surface area (Å²) in [7, 11) is 4.23. The summed E-state index contributed by atoms with van der Waals surface area (Å²) in [5.74, 6) is 0.274. The van der Waals surface area contributed by atoms with Gasteiger partial charge < -0.3 is 4.90 Å². The first-order chi connectivity index (χ1) is 6.45. The molecule has 0 N–H and O–H groups in total. The van der Waals surface area contributed by atoms with Crippen LogP contribution in [0.4, 0.5) is 0 Å². The van der Waals surface area contributed by atoms with Gasteiger partial charge in [-0.2, -0.15) is 0 Å². The Morgan fingerprint density at radius 2 is 2.07 bits per heavy atom. The molecule has 0 spiro atoms. The third kappa shape index (κ3) is 2.15. The van der Waals surface area contributed by atoms with Crippen LogP contribution >= 0.6 is 0 Å². The van der Waals surface area contributed by atoms with Crippen molar-refractivity contribution < 1.29 is 4.79 Å². The molecule has 1 saturated heterocycles. The molecule has 1 aliphatic rings. The zero-order valence-corrected chi connectivity index (χ0v) is 9.95. The summed E-state index contributed by atoms with van der Waals surface area (Å²) in [4.78, 5) is 15.9. The third-order valence-electron chi connectivity index (χ3n) is 3.51. The normalized spacial score (nSPS) is 31.0. The molecule has 3 unspecified atom stereocenters. The average molecular weight is 198 g/mol. The predicted octanol–water partition coefficient (Wildman–Crippen LogP) is 0.988. The summed E-state index contributed by atoms with van der Waals surface area (Å²) in [6, 6.07) is 1.16. The number of ketones is 1. The van der Waals surface area contributed by atoms with Crippen LogP contribution in [-0.2, 0) is 4.79 Å². The minimum Gasteiger partial charge on any atom is -0.305 e. The van der Waals surface area contributed by atoms with E-state index in [4.69, 9.17) is 0 Å². The van der Waals surface area contributed by atoms with E-state index in [0.717, 1.165) is 6.54 Å². The first-order valence-electron chi connectivity index (χ1n) is 5.37. The number of Topliss-reactive ketones (excluding diaryl/α,β-unsaturated/α-hetero) is 1. The molecule has 1 heterocycles. The fourth-order valence-electron chi connectivity index (χ4n) is 2.42. The molecule has 1 rings (SSSR count). The van der Waals surface area contributed by atoms with Crippen molar-refractivity contribution in [1.29, 1.82) is 0 Å². The van der Waals surface area contributed by atoms with Gasteiger partial charge in [-0.25, -0.2) is 0 Å². The number of carbonyl (C=O) groups is 1. The van der Waals surface area contributed by atoms with E-state index in [1.165, 1.54) is 6.42 Å². The minimum atomic E-state index is 0.0787. The van der Waals surface area contributed by atoms with Crippen LogP contribution < -0.4 is 0 Å². The van der Waals surface area contributed by atoms with Crippen LogP contribution in [0.2, 0.25) is 0 Å². The van der Waals surface area contributed by atoms with Crippen LogP contribution in [0.25, 0.3) is 0 Å². The smallest absolute Gasteiger partial charge is 0.146 e. The number of nitrogens with zero attached hydrogens (tertiary/aromatic N) is 2. The second kappa shape index (κ2) is 4.41. The molecular formula is C11H22N2O. The van der Waals surface area contributed by atoms with Crippen LogP contribution in [-0.4, -0.2) is 54.3 Å². The molecule has 14 heavy (non-hydrogen) atoms. The number of likely N-dealkylation sites (N-methyl/N-ethyl adjacent to an activating group) is 1. The minimum absolute atomic E-state index is 0.0787. The molecule has 0 saturated carbocycles. The lowest BCUT2D eigenvalue weighted by Crippen LogP contribution is -2.45.